The smallest absolute Gasteiger partial charge is 0.177 e. The van der Waals surface area contributed by atoms with E-state index in [-0.39, 0.29) is 5.13 Å². The molecule has 0 bridgehead atoms. The van der Waals surface area contributed by atoms with Crippen molar-refractivity contribution in [2.45, 2.75) is 6.04 Å². The zero-order valence-corrected chi connectivity index (χ0v) is 8.03. The normalized spacial score (nSPS) is 27.3. The summed E-state index contributed by atoms with van der Waals surface area (Å²) in [6, 6.07) is 2.17. The SMILES string of the molecule is Fc1cc2c(s1)C2N1CCNCC1. The van der Waals surface area contributed by atoms with E-state index >= 15 is 0 Å². The summed E-state index contributed by atoms with van der Waals surface area (Å²) in [5.41, 5.74) is 1.23. The first kappa shape index (κ1) is 7.91. The Hall–Kier alpha value is -0.450. The lowest BCUT2D eigenvalue weighted by Gasteiger charge is -2.27. The molecule has 2 nitrogen and oxygen atoms in total. The van der Waals surface area contributed by atoms with Gasteiger partial charge in [-0.25, -0.2) is 0 Å². The van der Waals surface area contributed by atoms with E-state index in [2.05, 4.69) is 10.2 Å². The summed E-state index contributed by atoms with van der Waals surface area (Å²) in [7, 11) is 0. The van der Waals surface area contributed by atoms with Gasteiger partial charge in [0.05, 0.1) is 6.04 Å². The molecule has 0 radical (unpaired) electrons. The summed E-state index contributed by atoms with van der Waals surface area (Å²) in [6.07, 6.45) is 0. The summed E-state index contributed by atoms with van der Waals surface area (Å²) in [5, 5.41) is 3.28. The minimum Gasteiger partial charge on any atom is -0.314 e. The average molecular weight is 198 g/mol. The number of fused-ring (bicyclic) bond motifs is 1. The minimum atomic E-state index is -0.0311. The maximum atomic E-state index is 12.7. The third kappa shape index (κ3) is 1.21. The van der Waals surface area contributed by atoms with E-state index in [1.165, 1.54) is 21.8 Å². The van der Waals surface area contributed by atoms with Gasteiger partial charge in [0.1, 0.15) is 0 Å². The largest absolute Gasteiger partial charge is 0.314 e. The average Bonchev–Trinajstić information content (AvgIpc) is 2.66. The van der Waals surface area contributed by atoms with Gasteiger partial charge in [-0.1, -0.05) is 0 Å². The number of piperazine rings is 1. The molecule has 1 atom stereocenters. The van der Waals surface area contributed by atoms with Crippen LogP contribution < -0.4 is 5.32 Å². The molecular weight excluding hydrogens is 187 g/mol. The molecule has 2 heterocycles. The fourth-order valence-corrected chi connectivity index (χ4v) is 3.04. The molecule has 1 aromatic heterocycles. The third-order valence-corrected chi connectivity index (χ3v) is 3.73. The van der Waals surface area contributed by atoms with Gasteiger partial charge in [0.15, 0.2) is 5.13 Å². The van der Waals surface area contributed by atoms with Crippen molar-refractivity contribution in [3.8, 4) is 0 Å². The molecule has 0 amide bonds. The van der Waals surface area contributed by atoms with Crippen molar-refractivity contribution in [3.63, 3.8) is 0 Å². The Morgan fingerprint density at radius 3 is 2.85 bits per heavy atom. The highest BCUT2D eigenvalue weighted by atomic mass is 32.1. The quantitative estimate of drug-likeness (QED) is 0.729. The summed E-state index contributed by atoms with van der Waals surface area (Å²) in [6.45, 7) is 4.31. The van der Waals surface area contributed by atoms with Crippen LogP contribution in [0, 0.1) is 5.13 Å². The second-order valence-electron chi connectivity index (χ2n) is 3.56. The van der Waals surface area contributed by atoms with Crippen LogP contribution in [0.15, 0.2) is 6.07 Å². The van der Waals surface area contributed by atoms with E-state index in [1.54, 1.807) is 6.07 Å². The van der Waals surface area contributed by atoms with E-state index in [9.17, 15) is 4.39 Å². The van der Waals surface area contributed by atoms with Gasteiger partial charge >= 0.3 is 0 Å². The van der Waals surface area contributed by atoms with Gasteiger partial charge in [-0.05, 0) is 11.6 Å². The monoisotopic (exact) mass is 198 g/mol. The van der Waals surface area contributed by atoms with Crippen molar-refractivity contribution >= 4 is 11.3 Å². The van der Waals surface area contributed by atoms with Crippen LogP contribution >= 0.6 is 11.3 Å². The summed E-state index contributed by atoms with van der Waals surface area (Å²) >= 11 is 1.31. The topological polar surface area (TPSA) is 15.3 Å². The van der Waals surface area contributed by atoms with Crippen LogP contribution in [0.5, 0.6) is 0 Å². The van der Waals surface area contributed by atoms with Crippen LogP contribution in [-0.4, -0.2) is 31.1 Å². The molecule has 1 saturated heterocycles. The van der Waals surface area contributed by atoms with Gasteiger partial charge in [0.25, 0.3) is 0 Å². The first-order chi connectivity index (χ1) is 6.36. The standard InChI is InChI=1S/C9H11FN2S/c10-7-5-6-8(9(6)13-7)12-3-1-11-2-4-12/h5,8,11H,1-4H2. The fraction of sp³-hybridized carbons (Fsp3) is 0.556. The van der Waals surface area contributed by atoms with Crippen LogP contribution in [0.2, 0.25) is 0 Å². The maximum absolute atomic E-state index is 12.7. The number of hydrogen-bond acceptors (Lipinski definition) is 3. The summed E-state index contributed by atoms with van der Waals surface area (Å²) in [5.74, 6) is 0. The fourth-order valence-electron chi connectivity index (χ4n) is 2.03. The highest BCUT2D eigenvalue weighted by Gasteiger charge is 2.41. The van der Waals surface area contributed by atoms with E-state index < -0.39 is 0 Å². The van der Waals surface area contributed by atoms with Crippen LogP contribution in [0.3, 0.4) is 0 Å². The Balaban J connectivity index is 1.72. The predicted molar refractivity (Wildman–Crippen MR) is 50.6 cm³/mol. The predicted octanol–water partition coefficient (Wildman–Crippen LogP) is 1.20. The molecule has 13 heavy (non-hydrogen) atoms. The van der Waals surface area contributed by atoms with Gasteiger partial charge in [0, 0.05) is 31.1 Å². The van der Waals surface area contributed by atoms with Crippen molar-refractivity contribution < 1.29 is 4.39 Å². The second kappa shape index (κ2) is 2.77. The second-order valence-corrected chi connectivity index (χ2v) is 4.59. The highest BCUT2D eigenvalue weighted by molar-refractivity contribution is 7.11. The van der Waals surface area contributed by atoms with Crippen LogP contribution in [0.1, 0.15) is 16.5 Å². The molecule has 0 saturated carbocycles. The van der Waals surface area contributed by atoms with Crippen molar-refractivity contribution in [1.82, 2.24) is 10.2 Å². The molecule has 1 aromatic rings. The molecule has 1 fully saturated rings. The lowest BCUT2D eigenvalue weighted by molar-refractivity contribution is 0.225. The molecule has 2 aliphatic rings. The minimum absolute atomic E-state index is 0.0311. The van der Waals surface area contributed by atoms with Crippen LogP contribution in [0.4, 0.5) is 4.39 Å². The van der Waals surface area contributed by atoms with E-state index in [0.29, 0.717) is 6.04 Å². The lowest BCUT2D eigenvalue weighted by Crippen LogP contribution is -2.42. The van der Waals surface area contributed by atoms with Crippen molar-refractivity contribution in [2.75, 3.05) is 26.2 Å². The van der Waals surface area contributed by atoms with Gasteiger partial charge in [-0.15, -0.1) is 11.3 Å². The Morgan fingerprint density at radius 2 is 2.23 bits per heavy atom. The Bertz CT molecular complexity index is 309. The van der Waals surface area contributed by atoms with Crippen LogP contribution in [0.25, 0.3) is 0 Å². The van der Waals surface area contributed by atoms with Crippen molar-refractivity contribution in [2.24, 2.45) is 0 Å². The summed E-state index contributed by atoms with van der Waals surface area (Å²) < 4.78 is 12.7. The maximum Gasteiger partial charge on any atom is 0.177 e. The molecule has 0 spiro atoms. The number of rotatable bonds is 1. The van der Waals surface area contributed by atoms with Gasteiger partial charge in [0.2, 0.25) is 0 Å². The number of nitrogens with zero attached hydrogens (tertiary/aromatic N) is 1. The first-order valence-electron chi connectivity index (χ1n) is 4.60. The van der Waals surface area contributed by atoms with Crippen molar-refractivity contribution in [3.05, 3.63) is 21.6 Å². The van der Waals surface area contributed by atoms with Gasteiger partial charge < -0.3 is 5.32 Å². The first-order valence-corrected chi connectivity index (χ1v) is 5.42. The molecule has 4 heteroatoms. The third-order valence-electron chi connectivity index (χ3n) is 2.74. The number of hydrogen-bond donors (Lipinski definition) is 1. The Kier molecular flexibility index (Phi) is 1.68. The molecule has 1 aliphatic heterocycles. The van der Waals surface area contributed by atoms with E-state index in [4.69, 9.17) is 0 Å². The molecular formula is C9H11FN2S. The Labute approximate surface area is 80.4 Å². The number of nitrogens with one attached hydrogen (secondary N) is 1. The van der Waals surface area contributed by atoms with Gasteiger partial charge in [-0.2, -0.15) is 4.39 Å². The molecule has 1 N–H and O–H groups in total. The van der Waals surface area contributed by atoms with E-state index in [0.717, 1.165) is 26.2 Å². The molecule has 0 aromatic carbocycles. The lowest BCUT2D eigenvalue weighted by atomic mass is 10.3. The molecule has 1 aliphatic carbocycles. The van der Waals surface area contributed by atoms with E-state index in [1.807, 2.05) is 0 Å². The number of thiophene rings is 1. The summed E-state index contributed by atoms with van der Waals surface area (Å²) in [4.78, 5) is 3.68. The zero-order valence-electron chi connectivity index (χ0n) is 7.22. The molecule has 70 valence electrons. The van der Waals surface area contributed by atoms with Crippen LogP contribution in [-0.2, 0) is 0 Å². The van der Waals surface area contributed by atoms with Gasteiger partial charge in [-0.3, -0.25) is 4.90 Å². The highest BCUT2D eigenvalue weighted by Crippen LogP contribution is 2.50. The number of halogens is 1. The molecule has 3 rings (SSSR count). The Morgan fingerprint density at radius 1 is 1.46 bits per heavy atom. The molecule has 1 unspecified atom stereocenters. The van der Waals surface area contributed by atoms with Crippen molar-refractivity contribution in [1.29, 1.82) is 0 Å². The zero-order chi connectivity index (χ0) is 8.84.